The van der Waals surface area contributed by atoms with Gasteiger partial charge in [-0.25, -0.2) is 18.2 Å². The molecule has 2 aromatic heterocycles. The largest absolute Gasteiger partial charge is 0.618 e. The van der Waals surface area contributed by atoms with Gasteiger partial charge in [-0.1, -0.05) is 11.6 Å². The first-order valence-electron chi connectivity index (χ1n) is 9.61. The number of pyridine rings is 1. The number of rotatable bonds is 8. The van der Waals surface area contributed by atoms with Crippen LogP contribution >= 0.6 is 11.6 Å². The molecule has 0 fully saturated rings. The van der Waals surface area contributed by atoms with Crippen molar-refractivity contribution in [1.82, 2.24) is 9.55 Å². The van der Waals surface area contributed by atoms with E-state index >= 15 is 0 Å². The van der Waals surface area contributed by atoms with E-state index in [0.29, 0.717) is 10.9 Å². The molecule has 0 aliphatic heterocycles. The molecule has 3 aromatic rings. The standard InChI is InChI=1S/C21H14ClF5N4O5/c1-34-13-5-12(31(33)8-15(13)35-2)7-30-9-29-18(21(26,27)20(24)25)17(19(30)32)36-14-4-11(22)3-10(6-28)16(14)23/h3-5,8-9,20H,7H2,1-2H3. The third-order valence-electron chi connectivity index (χ3n) is 4.75. The van der Waals surface area contributed by atoms with Gasteiger partial charge >= 0.3 is 12.3 Å². The van der Waals surface area contributed by atoms with E-state index in [-0.39, 0.29) is 26.9 Å². The molecule has 0 atom stereocenters. The number of methoxy groups -OCH3 is 2. The lowest BCUT2D eigenvalue weighted by Crippen LogP contribution is -2.36. The second kappa shape index (κ2) is 10.2. The van der Waals surface area contributed by atoms with Crippen molar-refractivity contribution < 1.29 is 40.9 Å². The second-order valence-corrected chi connectivity index (χ2v) is 7.42. The highest BCUT2D eigenvalue weighted by atomic mass is 35.5. The van der Waals surface area contributed by atoms with E-state index in [2.05, 4.69) is 4.98 Å². The Morgan fingerprint density at radius 2 is 1.89 bits per heavy atom. The van der Waals surface area contributed by atoms with E-state index in [4.69, 9.17) is 31.1 Å². The lowest BCUT2D eigenvalue weighted by Gasteiger charge is -2.19. The highest BCUT2D eigenvalue weighted by Gasteiger charge is 2.48. The highest BCUT2D eigenvalue weighted by Crippen LogP contribution is 2.39. The fraction of sp³-hybridized carbons (Fsp3) is 0.238. The number of hydrogen-bond donors (Lipinski definition) is 0. The topological polar surface area (TPSA) is 113 Å². The molecule has 0 aliphatic carbocycles. The molecular formula is C21H14ClF5N4O5. The molecule has 2 heterocycles. The second-order valence-electron chi connectivity index (χ2n) is 6.99. The number of aromatic nitrogens is 3. The minimum absolute atomic E-state index is 0.0439. The lowest BCUT2D eigenvalue weighted by molar-refractivity contribution is -0.614. The Morgan fingerprint density at radius 1 is 1.22 bits per heavy atom. The molecule has 190 valence electrons. The molecular weight excluding hydrogens is 519 g/mol. The molecule has 1 aromatic carbocycles. The molecule has 9 nitrogen and oxygen atoms in total. The van der Waals surface area contributed by atoms with E-state index < -0.39 is 53.0 Å². The molecule has 36 heavy (non-hydrogen) atoms. The summed E-state index contributed by atoms with van der Waals surface area (Å²) in [7, 11) is 2.54. The van der Waals surface area contributed by atoms with Crippen LogP contribution in [-0.2, 0) is 12.5 Å². The number of halogens is 6. The Hall–Kier alpha value is -4.12. The lowest BCUT2D eigenvalue weighted by atomic mass is 10.2. The minimum atomic E-state index is -4.98. The summed E-state index contributed by atoms with van der Waals surface area (Å²) in [5.74, 6) is -8.67. The van der Waals surface area contributed by atoms with Gasteiger partial charge in [0.15, 0.2) is 23.0 Å². The SMILES string of the molecule is COc1cc(Cn2cnc(C(F)(F)C(F)F)c(Oc3cc(Cl)cc(C#N)c3F)c2=O)[n+]([O-])cc1OC. The van der Waals surface area contributed by atoms with Crippen molar-refractivity contribution in [3.8, 4) is 29.1 Å². The molecule has 3 rings (SSSR count). The summed E-state index contributed by atoms with van der Waals surface area (Å²) in [5, 5.41) is 21.1. The van der Waals surface area contributed by atoms with Crippen LogP contribution in [-0.4, -0.2) is 30.2 Å². The third kappa shape index (κ3) is 4.96. The normalized spacial score (nSPS) is 11.3. The van der Waals surface area contributed by atoms with E-state index in [9.17, 15) is 32.0 Å². The fourth-order valence-electron chi connectivity index (χ4n) is 2.99. The van der Waals surface area contributed by atoms with Gasteiger partial charge in [0.2, 0.25) is 23.4 Å². The first-order valence-corrected chi connectivity index (χ1v) is 9.99. The fourth-order valence-corrected chi connectivity index (χ4v) is 3.20. The summed E-state index contributed by atoms with van der Waals surface area (Å²) in [6.07, 6.45) is -2.85. The van der Waals surface area contributed by atoms with Gasteiger partial charge in [0.05, 0.1) is 32.2 Å². The number of ether oxygens (including phenoxy) is 3. The van der Waals surface area contributed by atoms with Crippen molar-refractivity contribution in [2.75, 3.05) is 14.2 Å². The van der Waals surface area contributed by atoms with Crippen molar-refractivity contribution in [1.29, 1.82) is 5.26 Å². The van der Waals surface area contributed by atoms with Crippen LogP contribution in [0.15, 0.2) is 35.5 Å². The van der Waals surface area contributed by atoms with Crippen molar-refractivity contribution >= 4 is 11.6 Å². The third-order valence-corrected chi connectivity index (χ3v) is 4.97. The van der Waals surface area contributed by atoms with Crippen LogP contribution in [0.5, 0.6) is 23.0 Å². The zero-order valence-electron chi connectivity index (χ0n) is 18.3. The van der Waals surface area contributed by atoms with Crippen LogP contribution in [0.1, 0.15) is 17.0 Å². The van der Waals surface area contributed by atoms with Crippen molar-refractivity contribution in [3.05, 3.63) is 74.1 Å². The van der Waals surface area contributed by atoms with Crippen LogP contribution < -0.4 is 24.5 Å². The molecule has 0 radical (unpaired) electrons. The summed E-state index contributed by atoms with van der Waals surface area (Å²) in [6, 6.07) is 4.26. The summed E-state index contributed by atoms with van der Waals surface area (Å²) >= 11 is 5.77. The van der Waals surface area contributed by atoms with Gasteiger partial charge in [-0.05, 0) is 6.07 Å². The summed E-state index contributed by atoms with van der Waals surface area (Å²) in [4.78, 5) is 16.3. The Morgan fingerprint density at radius 3 is 2.47 bits per heavy atom. The monoisotopic (exact) mass is 532 g/mol. The maximum atomic E-state index is 14.6. The number of benzene rings is 1. The zero-order chi connectivity index (χ0) is 26.8. The zero-order valence-corrected chi connectivity index (χ0v) is 19.0. The maximum Gasteiger partial charge on any atom is 0.352 e. The Balaban J connectivity index is 2.20. The smallest absolute Gasteiger partial charge is 0.352 e. The molecule has 15 heteroatoms. The summed E-state index contributed by atoms with van der Waals surface area (Å²) in [5.41, 5.74) is -4.09. The van der Waals surface area contributed by atoms with Crippen molar-refractivity contribution in [3.63, 3.8) is 0 Å². The van der Waals surface area contributed by atoms with Crippen LogP contribution in [0.25, 0.3) is 0 Å². The van der Waals surface area contributed by atoms with Crippen LogP contribution in [0.4, 0.5) is 22.0 Å². The van der Waals surface area contributed by atoms with Gasteiger partial charge < -0.3 is 19.4 Å². The molecule has 0 saturated carbocycles. The molecule has 0 aliphatic rings. The highest BCUT2D eigenvalue weighted by molar-refractivity contribution is 6.30. The van der Waals surface area contributed by atoms with Crippen molar-refractivity contribution in [2.24, 2.45) is 0 Å². The number of alkyl halides is 4. The van der Waals surface area contributed by atoms with Gasteiger partial charge in [0.1, 0.15) is 12.6 Å². The number of nitriles is 1. The van der Waals surface area contributed by atoms with E-state index in [0.717, 1.165) is 18.3 Å². The summed E-state index contributed by atoms with van der Waals surface area (Å²) in [6.45, 7) is -0.617. The minimum Gasteiger partial charge on any atom is -0.618 e. The number of nitrogens with zero attached hydrogens (tertiary/aromatic N) is 4. The molecule has 0 amide bonds. The van der Waals surface area contributed by atoms with Crippen molar-refractivity contribution in [2.45, 2.75) is 18.9 Å². The van der Waals surface area contributed by atoms with Gasteiger partial charge in [0, 0.05) is 11.1 Å². The molecule has 0 unspecified atom stereocenters. The van der Waals surface area contributed by atoms with Crippen LogP contribution in [0, 0.1) is 22.4 Å². The molecule has 0 bridgehead atoms. The first-order chi connectivity index (χ1) is 16.9. The van der Waals surface area contributed by atoms with E-state index in [1.807, 2.05) is 0 Å². The van der Waals surface area contributed by atoms with E-state index in [1.54, 1.807) is 0 Å². The predicted octanol–water partition coefficient (Wildman–Crippen LogP) is 3.76. The maximum absolute atomic E-state index is 14.6. The van der Waals surface area contributed by atoms with Gasteiger partial charge in [-0.15, -0.1) is 0 Å². The quantitative estimate of drug-likeness (QED) is 0.247. The Labute approximate surface area is 204 Å². The van der Waals surface area contributed by atoms with Gasteiger partial charge in [-0.2, -0.15) is 18.8 Å². The molecule has 0 spiro atoms. The average Bonchev–Trinajstić information content (AvgIpc) is 2.83. The van der Waals surface area contributed by atoms with Crippen LogP contribution in [0.3, 0.4) is 0 Å². The van der Waals surface area contributed by atoms with E-state index in [1.165, 1.54) is 26.4 Å². The molecule has 0 N–H and O–H groups in total. The van der Waals surface area contributed by atoms with Gasteiger partial charge in [0.25, 0.3) is 5.56 Å². The summed E-state index contributed by atoms with van der Waals surface area (Å²) < 4.78 is 85.2. The molecule has 0 saturated heterocycles. The van der Waals surface area contributed by atoms with Gasteiger partial charge in [-0.3, -0.25) is 9.36 Å². The Bertz CT molecular complexity index is 1410. The first kappa shape index (κ1) is 26.5. The average molecular weight is 533 g/mol. The number of hydrogen-bond acceptors (Lipinski definition) is 7. The van der Waals surface area contributed by atoms with Crippen LogP contribution in [0.2, 0.25) is 5.02 Å². The predicted molar refractivity (Wildman–Crippen MR) is 112 cm³/mol. The Kier molecular flexibility index (Phi) is 7.54.